The number of aryl methyl sites for hydroxylation is 1. The van der Waals surface area contributed by atoms with E-state index in [0.29, 0.717) is 17.5 Å². The molecule has 7 heteroatoms. The maximum absolute atomic E-state index is 12.3. The third-order valence-corrected chi connectivity index (χ3v) is 3.16. The van der Waals surface area contributed by atoms with E-state index in [-0.39, 0.29) is 11.4 Å². The van der Waals surface area contributed by atoms with Crippen molar-refractivity contribution in [3.63, 3.8) is 0 Å². The second-order valence-electron chi connectivity index (χ2n) is 4.27. The lowest BCUT2D eigenvalue weighted by molar-refractivity contribution is 0.102. The number of hydrogen-bond donors (Lipinski definition) is 2. The van der Waals surface area contributed by atoms with Crippen molar-refractivity contribution in [2.45, 2.75) is 13.3 Å². The fourth-order valence-electron chi connectivity index (χ4n) is 2.29. The number of rotatable bonds is 3. The molecule has 3 rings (SSSR count). The fraction of sp³-hybridized carbons (Fsp3) is 0.154. The minimum absolute atomic E-state index is 0.0765. The number of H-pyrrole nitrogens is 2. The molecule has 0 radical (unpaired) electrons. The van der Waals surface area contributed by atoms with E-state index >= 15 is 0 Å². The molecule has 20 heavy (non-hydrogen) atoms. The van der Waals surface area contributed by atoms with E-state index in [4.69, 9.17) is 0 Å². The van der Waals surface area contributed by atoms with Crippen LogP contribution in [0.15, 0.2) is 29.1 Å². The number of carbonyl (C=O) groups excluding carboxylic acids is 1. The van der Waals surface area contributed by atoms with Gasteiger partial charge in [0, 0.05) is 10.9 Å². The van der Waals surface area contributed by atoms with E-state index in [1.54, 1.807) is 6.07 Å². The summed E-state index contributed by atoms with van der Waals surface area (Å²) < 4.78 is 0. The summed E-state index contributed by atoms with van der Waals surface area (Å²) in [6.45, 7) is 1.90. The minimum atomic E-state index is -0.525. The van der Waals surface area contributed by atoms with Gasteiger partial charge in [-0.1, -0.05) is 25.1 Å². The molecule has 3 aromatic rings. The van der Waals surface area contributed by atoms with Crippen molar-refractivity contribution in [3.8, 4) is 0 Å². The van der Waals surface area contributed by atoms with Gasteiger partial charge in [0.1, 0.15) is 0 Å². The standard InChI is InChI=1S/C13H11N5O2/c1-2-7-8-5-3-4-6-9(8)14-13(20)10(7)11(19)12-15-17-18-16-12/h3-6H,2H2,1H3,(H,14,20)(H,15,16,17,18). The Bertz CT molecular complexity index is 836. The van der Waals surface area contributed by atoms with Crippen LogP contribution >= 0.6 is 0 Å². The van der Waals surface area contributed by atoms with Gasteiger partial charge in [0.15, 0.2) is 0 Å². The number of carbonyl (C=O) groups is 1. The number of para-hydroxylation sites is 1. The second-order valence-corrected chi connectivity index (χ2v) is 4.27. The third-order valence-electron chi connectivity index (χ3n) is 3.16. The molecule has 2 heterocycles. The van der Waals surface area contributed by atoms with Gasteiger partial charge in [0.25, 0.3) is 5.56 Å². The van der Waals surface area contributed by atoms with Crippen LogP contribution in [0, 0.1) is 0 Å². The SMILES string of the molecule is CCc1c(C(=O)c2nn[nH]n2)c(=O)[nH]c2ccccc12. The van der Waals surface area contributed by atoms with Crippen molar-refractivity contribution in [1.82, 2.24) is 25.6 Å². The number of benzene rings is 1. The summed E-state index contributed by atoms with van der Waals surface area (Å²) in [5, 5.41) is 13.7. The number of tetrazole rings is 1. The van der Waals surface area contributed by atoms with Gasteiger partial charge in [-0.25, -0.2) is 0 Å². The van der Waals surface area contributed by atoms with Gasteiger partial charge in [0.2, 0.25) is 11.6 Å². The van der Waals surface area contributed by atoms with Crippen molar-refractivity contribution in [3.05, 3.63) is 51.6 Å². The van der Waals surface area contributed by atoms with Crippen molar-refractivity contribution < 1.29 is 4.79 Å². The molecular weight excluding hydrogens is 258 g/mol. The number of aromatic nitrogens is 5. The van der Waals surface area contributed by atoms with Crippen LogP contribution in [0.5, 0.6) is 0 Å². The summed E-state index contributed by atoms with van der Waals surface area (Å²) in [7, 11) is 0. The molecule has 1 aromatic carbocycles. The molecule has 0 saturated carbocycles. The number of hydrogen-bond acceptors (Lipinski definition) is 5. The van der Waals surface area contributed by atoms with Crippen LogP contribution in [0.2, 0.25) is 0 Å². The first kappa shape index (κ1) is 12.2. The molecule has 100 valence electrons. The molecule has 2 N–H and O–H groups in total. The molecule has 0 aliphatic carbocycles. The Morgan fingerprint density at radius 1 is 1.30 bits per heavy atom. The van der Waals surface area contributed by atoms with E-state index in [1.807, 2.05) is 25.1 Å². The van der Waals surface area contributed by atoms with Crippen molar-refractivity contribution in [2.24, 2.45) is 0 Å². The number of nitrogens with one attached hydrogen (secondary N) is 2. The maximum atomic E-state index is 12.3. The molecule has 0 saturated heterocycles. The van der Waals surface area contributed by atoms with E-state index < -0.39 is 11.3 Å². The molecule has 0 aliphatic rings. The summed E-state index contributed by atoms with van der Waals surface area (Å²) in [5.41, 5.74) is 1.04. The predicted octanol–water partition coefficient (Wildman–Crippen LogP) is 0.835. The highest BCUT2D eigenvalue weighted by atomic mass is 16.1. The largest absolute Gasteiger partial charge is 0.321 e. The quantitative estimate of drug-likeness (QED) is 0.685. The van der Waals surface area contributed by atoms with Gasteiger partial charge >= 0.3 is 0 Å². The monoisotopic (exact) mass is 269 g/mol. The molecule has 0 amide bonds. The second kappa shape index (κ2) is 4.69. The van der Waals surface area contributed by atoms with Crippen LogP contribution in [0.25, 0.3) is 10.9 Å². The average Bonchev–Trinajstić information content (AvgIpc) is 2.99. The van der Waals surface area contributed by atoms with Crippen molar-refractivity contribution in [1.29, 1.82) is 0 Å². The number of fused-ring (bicyclic) bond motifs is 1. The number of pyridine rings is 1. The highest BCUT2D eigenvalue weighted by Gasteiger charge is 2.22. The van der Waals surface area contributed by atoms with Gasteiger partial charge in [-0.05, 0) is 23.3 Å². The van der Waals surface area contributed by atoms with Crippen molar-refractivity contribution >= 4 is 16.7 Å². The van der Waals surface area contributed by atoms with Gasteiger partial charge < -0.3 is 4.98 Å². The van der Waals surface area contributed by atoms with Crippen LogP contribution < -0.4 is 5.56 Å². The van der Waals surface area contributed by atoms with Crippen molar-refractivity contribution in [2.75, 3.05) is 0 Å². The van der Waals surface area contributed by atoms with Crippen LogP contribution in [0.4, 0.5) is 0 Å². The summed E-state index contributed by atoms with van der Waals surface area (Å²) in [4.78, 5) is 27.2. The molecule has 2 aromatic heterocycles. The van der Waals surface area contributed by atoms with Gasteiger partial charge in [0.05, 0.1) is 5.56 Å². The van der Waals surface area contributed by atoms with Gasteiger partial charge in [-0.15, -0.1) is 10.2 Å². The first-order valence-corrected chi connectivity index (χ1v) is 6.14. The summed E-state index contributed by atoms with van der Waals surface area (Å²) in [6, 6.07) is 7.37. The highest BCUT2D eigenvalue weighted by Crippen LogP contribution is 2.19. The summed E-state index contributed by atoms with van der Waals surface area (Å²) in [6.07, 6.45) is 0.559. The lowest BCUT2D eigenvalue weighted by atomic mass is 9.98. The fourth-order valence-corrected chi connectivity index (χ4v) is 2.29. The molecule has 0 aliphatic heterocycles. The Kier molecular flexibility index (Phi) is 2.86. The van der Waals surface area contributed by atoms with E-state index in [2.05, 4.69) is 25.6 Å². The normalized spacial score (nSPS) is 10.8. The topological polar surface area (TPSA) is 104 Å². The minimum Gasteiger partial charge on any atom is -0.321 e. The van der Waals surface area contributed by atoms with Crippen LogP contribution in [-0.4, -0.2) is 31.4 Å². The summed E-state index contributed by atoms with van der Waals surface area (Å²) >= 11 is 0. The van der Waals surface area contributed by atoms with Crippen LogP contribution in [0.1, 0.15) is 28.7 Å². The van der Waals surface area contributed by atoms with Gasteiger partial charge in [-0.3, -0.25) is 9.59 Å². The molecule has 0 bridgehead atoms. The number of aromatic amines is 2. The average molecular weight is 269 g/mol. The van der Waals surface area contributed by atoms with Crippen LogP contribution in [0.3, 0.4) is 0 Å². The smallest absolute Gasteiger partial charge is 0.260 e. The Labute approximate surface area is 113 Å². The lowest BCUT2D eigenvalue weighted by Gasteiger charge is -2.08. The van der Waals surface area contributed by atoms with E-state index in [9.17, 15) is 9.59 Å². The highest BCUT2D eigenvalue weighted by molar-refractivity contribution is 6.09. The predicted molar refractivity (Wildman–Crippen MR) is 71.6 cm³/mol. The first-order valence-electron chi connectivity index (χ1n) is 6.14. The maximum Gasteiger partial charge on any atom is 0.260 e. The zero-order valence-electron chi connectivity index (χ0n) is 10.7. The Balaban J connectivity index is 2.33. The zero-order chi connectivity index (χ0) is 14.1. The van der Waals surface area contributed by atoms with Gasteiger partial charge in [-0.2, -0.15) is 5.21 Å². The number of nitrogens with zero attached hydrogens (tertiary/aromatic N) is 3. The van der Waals surface area contributed by atoms with Crippen LogP contribution in [-0.2, 0) is 6.42 Å². The Morgan fingerprint density at radius 3 is 2.80 bits per heavy atom. The zero-order valence-corrected chi connectivity index (χ0v) is 10.7. The molecule has 0 fully saturated rings. The number of ketones is 1. The third kappa shape index (κ3) is 1.80. The Morgan fingerprint density at radius 2 is 2.10 bits per heavy atom. The van der Waals surface area contributed by atoms with E-state index in [1.165, 1.54) is 0 Å². The molecular formula is C13H11N5O2. The summed E-state index contributed by atoms with van der Waals surface area (Å²) in [5.74, 6) is -0.636. The molecule has 0 atom stereocenters. The Hall–Kier alpha value is -2.83. The molecule has 0 unspecified atom stereocenters. The molecule has 0 spiro atoms. The van der Waals surface area contributed by atoms with E-state index in [0.717, 1.165) is 5.39 Å². The molecule has 7 nitrogen and oxygen atoms in total. The first-order chi connectivity index (χ1) is 9.72. The lowest BCUT2D eigenvalue weighted by Crippen LogP contribution is -2.22.